The van der Waals surface area contributed by atoms with Crippen LogP contribution in [-0.4, -0.2) is 43.4 Å². The van der Waals surface area contributed by atoms with Crippen LogP contribution in [0.2, 0.25) is 0 Å². The van der Waals surface area contributed by atoms with E-state index in [4.69, 9.17) is 4.55 Å². The van der Waals surface area contributed by atoms with Gasteiger partial charge in [0.05, 0.1) is 7.05 Å². The molecule has 0 aliphatic carbocycles. The lowest BCUT2D eigenvalue weighted by atomic mass is 10.4. The Morgan fingerprint density at radius 3 is 2.20 bits per heavy atom. The first-order chi connectivity index (χ1) is 6.56. The van der Waals surface area contributed by atoms with Crippen molar-refractivity contribution in [1.29, 1.82) is 0 Å². The van der Waals surface area contributed by atoms with E-state index in [1.54, 1.807) is 0 Å². The number of allylic oxidation sites excluding steroid dienone is 1. The molecule has 1 unspecified atom stereocenters. The molecule has 0 amide bonds. The van der Waals surface area contributed by atoms with E-state index >= 15 is 0 Å². The summed E-state index contributed by atoms with van der Waals surface area (Å²) in [6, 6.07) is 0. The lowest BCUT2D eigenvalue weighted by Gasteiger charge is -2.32. The number of quaternary nitrogens is 1. The fourth-order valence-corrected chi connectivity index (χ4v) is 1.97. The van der Waals surface area contributed by atoms with Crippen LogP contribution in [0.25, 0.3) is 0 Å². The molecular weight excluding hydrogens is 246 g/mol. The van der Waals surface area contributed by atoms with E-state index in [-0.39, 0.29) is 6.54 Å². The van der Waals surface area contributed by atoms with Crippen LogP contribution in [0.3, 0.4) is 0 Å². The van der Waals surface area contributed by atoms with E-state index in [0.717, 1.165) is 25.4 Å². The monoisotopic (exact) mass is 255 g/mol. The minimum Gasteiger partial charge on any atom is -0.701 e. The van der Waals surface area contributed by atoms with Crippen molar-refractivity contribution >= 4 is 20.4 Å². The molecule has 1 aliphatic heterocycles. The summed E-state index contributed by atoms with van der Waals surface area (Å²) in [6.45, 7) is -0.336. The molecule has 15 heavy (non-hydrogen) atoms. The van der Waals surface area contributed by atoms with Crippen LogP contribution in [0.4, 0.5) is 0 Å². The maximum absolute atomic E-state index is 10.8. The summed E-state index contributed by atoms with van der Waals surface area (Å²) in [4.78, 5) is -0.415. The summed E-state index contributed by atoms with van der Waals surface area (Å²) in [5, 5.41) is 0. The summed E-state index contributed by atoms with van der Waals surface area (Å²) in [6.07, 6.45) is 2.77. The molecule has 1 heterocycles. The number of nitrogens with zero attached hydrogens (tertiary/aromatic N) is 1. The summed E-state index contributed by atoms with van der Waals surface area (Å²) < 4.78 is 61.3. The van der Waals surface area contributed by atoms with Gasteiger partial charge in [0.15, 0.2) is 0 Å². The summed E-state index contributed by atoms with van der Waals surface area (Å²) in [5.74, 6) is 0. The van der Waals surface area contributed by atoms with Crippen LogP contribution in [0.1, 0.15) is 0 Å². The molecule has 0 fully saturated rings. The highest BCUT2D eigenvalue weighted by atomic mass is 32.2. The molecule has 1 rings (SSSR count). The fourth-order valence-electron chi connectivity index (χ4n) is 0.988. The molecular formula is C6H9NO6S2. The first-order valence-electron chi connectivity index (χ1n) is 3.74. The maximum atomic E-state index is 10.8. The Hall–Kier alpha value is -0.740. The van der Waals surface area contributed by atoms with Crippen molar-refractivity contribution in [3.05, 3.63) is 23.3 Å². The van der Waals surface area contributed by atoms with Crippen LogP contribution in [0, 0.1) is 0 Å². The third kappa shape index (κ3) is 2.44. The van der Waals surface area contributed by atoms with Gasteiger partial charge in [-0.05, 0) is 6.08 Å². The van der Waals surface area contributed by atoms with E-state index < -0.39 is 29.2 Å². The molecule has 0 spiro atoms. The minimum atomic E-state index is -4.61. The van der Waals surface area contributed by atoms with Gasteiger partial charge in [-0.3, -0.25) is 4.55 Å². The number of likely N-dealkylation sites (N-methyl/N-ethyl adjacent to an activating group) is 1. The Balaban J connectivity index is 3.10. The highest BCUT2D eigenvalue weighted by molar-refractivity contribution is 7.90. The van der Waals surface area contributed by atoms with Gasteiger partial charge in [-0.15, -0.1) is 0 Å². The molecule has 0 aromatic carbocycles. The van der Waals surface area contributed by atoms with Gasteiger partial charge in [-0.25, -0.2) is 3.89 Å². The molecule has 9 heteroatoms. The first kappa shape index (κ1) is 12.3. The summed E-state index contributed by atoms with van der Waals surface area (Å²) >= 11 is 0. The second-order valence-electron chi connectivity index (χ2n) is 3.18. The van der Waals surface area contributed by atoms with Crippen molar-refractivity contribution in [3.63, 3.8) is 0 Å². The Kier molecular flexibility index (Phi) is 2.78. The second-order valence-corrected chi connectivity index (χ2v) is 6.29. The Morgan fingerprint density at radius 1 is 1.40 bits per heavy atom. The molecule has 1 N–H and O–H groups in total. The molecule has 1 aliphatic rings. The van der Waals surface area contributed by atoms with Crippen molar-refractivity contribution < 1.29 is 29.8 Å². The largest absolute Gasteiger partial charge is 0.701 e. The number of rotatable bonds is 2. The molecule has 7 nitrogen and oxygen atoms in total. The lowest BCUT2D eigenvalue weighted by molar-refractivity contribution is -0.727. The maximum Gasteiger partial charge on any atom is 0.294 e. The molecule has 86 valence electrons. The van der Waals surface area contributed by atoms with Crippen LogP contribution in [0.15, 0.2) is 23.3 Å². The highest BCUT2D eigenvalue weighted by Gasteiger charge is 2.30. The van der Waals surface area contributed by atoms with E-state index in [9.17, 15) is 21.4 Å². The lowest BCUT2D eigenvalue weighted by Crippen LogP contribution is -2.45. The Labute approximate surface area is 87.5 Å². The van der Waals surface area contributed by atoms with Crippen molar-refractivity contribution in [2.45, 2.75) is 0 Å². The predicted octanol–water partition coefficient (Wildman–Crippen LogP) is -0.808. The van der Waals surface area contributed by atoms with Gasteiger partial charge in [0.25, 0.3) is 20.4 Å². The molecule has 0 saturated carbocycles. The van der Waals surface area contributed by atoms with E-state index in [1.165, 1.54) is 0 Å². The average Bonchev–Trinajstić information content (AvgIpc) is 2.01. The van der Waals surface area contributed by atoms with Crippen molar-refractivity contribution in [2.75, 3.05) is 13.6 Å². The predicted molar refractivity (Wildman–Crippen MR) is 49.5 cm³/mol. The Morgan fingerprint density at radius 2 is 1.93 bits per heavy atom. The van der Waals surface area contributed by atoms with Crippen molar-refractivity contribution in [2.24, 2.45) is 0 Å². The average molecular weight is 255 g/mol. The molecule has 0 saturated heterocycles. The van der Waals surface area contributed by atoms with Crippen molar-refractivity contribution in [3.8, 4) is 0 Å². The van der Waals surface area contributed by atoms with Gasteiger partial charge in [-0.2, -0.15) is 16.8 Å². The number of hydrogen-bond acceptors (Lipinski definition) is 5. The zero-order valence-corrected chi connectivity index (χ0v) is 9.32. The summed E-state index contributed by atoms with van der Waals surface area (Å²) in [5.41, 5.74) is 0. The smallest absolute Gasteiger partial charge is 0.294 e. The van der Waals surface area contributed by atoms with Crippen LogP contribution < -0.4 is 0 Å². The van der Waals surface area contributed by atoms with Crippen LogP contribution in [-0.2, 0) is 20.4 Å². The fraction of sp³-hybridized carbons (Fsp3) is 0.333. The second kappa shape index (κ2) is 3.39. The number of hydrogen-bond donors (Lipinski definition) is 1. The van der Waals surface area contributed by atoms with Gasteiger partial charge in [0, 0.05) is 6.08 Å². The van der Waals surface area contributed by atoms with Gasteiger partial charge >= 0.3 is 0 Å². The third-order valence-corrected chi connectivity index (χ3v) is 4.21. The highest BCUT2D eigenvalue weighted by Crippen LogP contribution is 2.20. The molecule has 0 aromatic heterocycles. The quantitative estimate of drug-likeness (QED) is 0.510. The molecule has 0 bridgehead atoms. The zero-order valence-electron chi connectivity index (χ0n) is 7.69. The van der Waals surface area contributed by atoms with Crippen LogP contribution in [0.5, 0.6) is 0 Å². The molecule has 0 aromatic rings. The topological polar surface area (TPSA) is 112 Å². The van der Waals surface area contributed by atoms with Crippen LogP contribution >= 0.6 is 0 Å². The van der Waals surface area contributed by atoms with E-state index in [2.05, 4.69) is 0 Å². The molecule has 1 atom stereocenters. The third-order valence-electron chi connectivity index (χ3n) is 2.02. The van der Waals surface area contributed by atoms with Gasteiger partial charge in [0.1, 0.15) is 17.6 Å². The standard InChI is InChI=1S/C6H9NO6S2/c1-7(15(11,12)13)4-2-6(3-5-7)14(8,9)10/h2-4H,5H2,1H3,(H-,8,9,10,11,12,13). The van der Waals surface area contributed by atoms with E-state index in [0.29, 0.717) is 0 Å². The van der Waals surface area contributed by atoms with Gasteiger partial charge < -0.3 is 4.55 Å². The molecule has 0 radical (unpaired) electrons. The van der Waals surface area contributed by atoms with Crippen molar-refractivity contribution in [1.82, 2.24) is 0 Å². The van der Waals surface area contributed by atoms with E-state index in [1.807, 2.05) is 0 Å². The summed E-state index contributed by atoms with van der Waals surface area (Å²) in [7, 11) is -7.85. The normalized spacial score (nSPS) is 27.5. The van der Waals surface area contributed by atoms with Gasteiger partial charge in [0.2, 0.25) is 0 Å². The van der Waals surface area contributed by atoms with Gasteiger partial charge in [-0.1, -0.05) is 0 Å². The minimum absolute atomic E-state index is 0.336. The zero-order chi connectivity index (χ0) is 11.9. The first-order valence-corrected chi connectivity index (χ1v) is 6.55. The SMILES string of the molecule is C[N+]1(S(=O)(=O)[O-])C=CC(S(=O)(=O)O)=CC1. The Bertz CT molecular complexity index is 528.